The van der Waals surface area contributed by atoms with Crippen LogP contribution in [0.25, 0.3) is 0 Å². The van der Waals surface area contributed by atoms with Crippen LogP contribution in [-0.4, -0.2) is 35.8 Å². The van der Waals surface area contributed by atoms with Gasteiger partial charge in [-0.25, -0.2) is 0 Å². The minimum atomic E-state index is -0.381. The summed E-state index contributed by atoms with van der Waals surface area (Å²) in [4.78, 5) is 0. The molecule has 1 heterocycles. The van der Waals surface area contributed by atoms with Crippen LogP contribution in [0.1, 0.15) is 67.2 Å². The lowest BCUT2D eigenvalue weighted by Crippen LogP contribution is -2.44. The van der Waals surface area contributed by atoms with Gasteiger partial charge in [0.2, 0.25) is 0 Å². The topological polar surface area (TPSA) is 47.9 Å². The second kappa shape index (κ2) is 7.76. The van der Waals surface area contributed by atoms with Crippen molar-refractivity contribution in [1.29, 1.82) is 0 Å². The molecule has 0 unspecified atom stereocenters. The molecule has 1 aliphatic heterocycles. The Morgan fingerprint density at radius 1 is 1.33 bits per heavy atom. The summed E-state index contributed by atoms with van der Waals surface area (Å²) in [7, 11) is 0. The standard InChI is InChI=1S/C20H36O4/c1-12(2)22-15(5)17-11-20(17,7)9-8-14(4)23-19-13(3)10-18(21)16(6)24-19/h12-14,16-19,21H,5,8-11H2,1-4,6-7H3/t13-,14-,16+,17-,18-,19-,20+/m1/s1. The van der Waals surface area contributed by atoms with Crippen LogP contribution in [0.5, 0.6) is 0 Å². The van der Waals surface area contributed by atoms with E-state index in [1.54, 1.807) is 0 Å². The van der Waals surface area contributed by atoms with Gasteiger partial charge in [0.25, 0.3) is 0 Å². The first-order chi connectivity index (χ1) is 11.1. The molecule has 0 spiro atoms. The molecule has 24 heavy (non-hydrogen) atoms. The second-order valence-corrected chi connectivity index (χ2v) is 8.52. The number of ether oxygens (including phenoxy) is 3. The fourth-order valence-corrected chi connectivity index (χ4v) is 3.69. The summed E-state index contributed by atoms with van der Waals surface area (Å²) in [6.07, 6.45) is 3.62. The third kappa shape index (κ3) is 4.96. The number of aliphatic hydroxyl groups excluding tert-OH is 1. The van der Waals surface area contributed by atoms with E-state index in [-0.39, 0.29) is 36.6 Å². The molecule has 0 aromatic carbocycles. The van der Waals surface area contributed by atoms with Gasteiger partial charge in [-0.1, -0.05) is 20.4 Å². The van der Waals surface area contributed by atoms with Crippen molar-refractivity contribution in [1.82, 2.24) is 0 Å². The molecule has 140 valence electrons. The monoisotopic (exact) mass is 340 g/mol. The van der Waals surface area contributed by atoms with Gasteiger partial charge in [0.1, 0.15) is 0 Å². The Hall–Kier alpha value is -0.580. The Labute approximate surface area is 147 Å². The van der Waals surface area contributed by atoms with Gasteiger partial charge in [-0.05, 0) is 58.8 Å². The third-order valence-electron chi connectivity index (χ3n) is 5.58. The highest BCUT2D eigenvalue weighted by Crippen LogP contribution is 2.59. The zero-order valence-corrected chi connectivity index (χ0v) is 16.2. The summed E-state index contributed by atoms with van der Waals surface area (Å²) in [6, 6.07) is 0. The summed E-state index contributed by atoms with van der Waals surface area (Å²) in [6.45, 7) is 16.6. The van der Waals surface area contributed by atoms with Crippen LogP contribution in [0.15, 0.2) is 12.3 Å². The Balaban J connectivity index is 1.74. The highest BCUT2D eigenvalue weighted by atomic mass is 16.7. The molecular weight excluding hydrogens is 304 g/mol. The van der Waals surface area contributed by atoms with E-state index in [0.29, 0.717) is 11.3 Å². The van der Waals surface area contributed by atoms with Crippen molar-refractivity contribution in [3.8, 4) is 0 Å². The molecular formula is C20H36O4. The predicted octanol–water partition coefficient (Wildman–Crippen LogP) is 4.27. The van der Waals surface area contributed by atoms with E-state index < -0.39 is 0 Å². The smallest absolute Gasteiger partial charge is 0.161 e. The molecule has 0 amide bonds. The quantitative estimate of drug-likeness (QED) is 0.670. The van der Waals surface area contributed by atoms with E-state index in [4.69, 9.17) is 14.2 Å². The lowest BCUT2D eigenvalue weighted by molar-refractivity contribution is -0.255. The number of rotatable bonds is 8. The molecule has 1 aliphatic carbocycles. The first-order valence-electron chi connectivity index (χ1n) is 9.47. The molecule has 2 rings (SSSR count). The first kappa shape index (κ1) is 19.7. The van der Waals surface area contributed by atoms with E-state index in [0.717, 1.165) is 31.4 Å². The molecule has 2 fully saturated rings. The summed E-state index contributed by atoms with van der Waals surface area (Å²) < 4.78 is 17.7. The second-order valence-electron chi connectivity index (χ2n) is 8.52. The molecule has 0 aromatic heterocycles. The van der Waals surface area contributed by atoms with Crippen LogP contribution in [0, 0.1) is 17.3 Å². The van der Waals surface area contributed by atoms with Crippen LogP contribution >= 0.6 is 0 Å². The number of allylic oxidation sites excluding steroid dienone is 1. The van der Waals surface area contributed by atoms with Gasteiger partial charge in [-0.15, -0.1) is 0 Å². The molecule has 0 radical (unpaired) electrons. The van der Waals surface area contributed by atoms with Crippen molar-refractivity contribution in [2.45, 2.75) is 97.9 Å². The van der Waals surface area contributed by atoms with Gasteiger partial charge in [0.05, 0.1) is 30.2 Å². The Bertz CT molecular complexity index is 435. The molecule has 4 heteroatoms. The highest BCUT2D eigenvalue weighted by Gasteiger charge is 2.52. The largest absolute Gasteiger partial charge is 0.496 e. The van der Waals surface area contributed by atoms with Crippen molar-refractivity contribution in [3.63, 3.8) is 0 Å². The molecule has 4 nitrogen and oxygen atoms in total. The van der Waals surface area contributed by atoms with Gasteiger partial charge < -0.3 is 19.3 Å². The fraction of sp³-hybridized carbons (Fsp3) is 0.900. The maximum absolute atomic E-state index is 9.86. The van der Waals surface area contributed by atoms with E-state index >= 15 is 0 Å². The van der Waals surface area contributed by atoms with Gasteiger partial charge in [-0.2, -0.15) is 0 Å². The van der Waals surface area contributed by atoms with E-state index in [9.17, 15) is 5.11 Å². The maximum atomic E-state index is 9.86. The van der Waals surface area contributed by atoms with Gasteiger partial charge in [-0.3, -0.25) is 0 Å². The van der Waals surface area contributed by atoms with E-state index in [1.165, 1.54) is 0 Å². The zero-order valence-electron chi connectivity index (χ0n) is 16.2. The minimum Gasteiger partial charge on any atom is -0.496 e. The molecule has 1 saturated carbocycles. The summed E-state index contributed by atoms with van der Waals surface area (Å²) in [5.74, 6) is 1.64. The minimum absolute atomic E-state index is 0.150. The van der Waals surface area contributed by atoms with Crippen LogP contribution in [-0.2, 0) is 14.2 Å². The molecule has 1 saturated heterocycles. The Morgan fingerprint density at radius 2 is 2.00 bits per heavy atom. The predicted molar refractivity (Wildman–Crippen MR) is 95.5 cm³/mol. The summed E-state index contributed by atoms with van der Waals surface area (Å²) >= 11 is 0. The lowest BCUT2D eigenvalue weighted by Gasteiger charge is -2.37. The molecule has 0 aromatic rings. The van der Waals surface area contributed by atoms with E-state index in [1.807, 2.05) is 20.8 Å². The van der Waals surface area contributed by atoms with Crippen molar-refractivity contribution < 1.29 is 19.3 Å². The number of hydrogen-bond acceptors (Lipinski definition) is 4. The number of aliphatic hydroxyl groups is 1. The van der Waals surface area contributed by atoms with Gasteiger partial charge in [0.15, 0.2) is 6.29 Å². The number of hydrogen-bond donors (Lipinski definition) is 1. The van der Waals surface area contributed by atoms with Crippen LogP contribution in [0.2, 0.25) is 0 Å². The van der Waals surface area contributed by atoms with Gasteiger partial charge >= 0.3 is 0 Å². The average Bonchev–Trinajstić information content (AvgIpc) is 3.15. The van der Waals surface area contributed by atoms with Crippen molar-refractivity contribution in [3.05, 3.63) is 12.3 Å². The zero-order chi connectivity index (χ0) is 18.1. The maximum Gasteiger partial charge on any atom is 0.161 e. The average molecular weight is 341 g/mol. The molecule has 0 bridgehead atoms. The third-order valence-corrected chi connectivity index (χ3v) is 5.58. The SMILES string of the molecule is C=C(OC(C)C)[C@H]1C[C@]1(C)CC[C@@H](C)O[C@@H]1O[C@@H](C)[C@H](O)C[C@H]1C. The van der Waals surface area contributed by atoms with Crippen molar-refractivity contribution in [2.75, 3.05) is 0 Å². The Morgan fingerprint density at radius 3 is 2.62 bits per heavy atom. The van der Waals surface area contributed by atoms with Crippen molar-refractivity contribution >= 4 is 0 Å². The fourth-order valence-electron chi connectivity index (χ4n) is 3.69. The van der Waals surface area contributed by atoms with Gasteiger partial charge in [0, 0.05) is 11.8 Å². The summed E-state index contributed by atoms with van der Waals surface area (Å²) in [5.41, 5.74) is 0.298. The van der Waals surface area contributed by atoms with Crippen LogP contribution < -0.4 is 0 Å². The Kier molecular flexibility index (Phi) is 6.38. The van der Waals surface area contributed by atoms with Crippen LogP contribution in [0.4, 0.5) is 0 Å². The first-order valence-corrected chi connectivity index (χ1v) is 9.47. The molecule has 1 N–H and O–H groups in total. The summed E-state index contributed by atoms with van der Waals surface area (Å²) in [5, 5.41) is 9.86. The lowest BCUT2D eigenvalue weighted by atomic mass is 9.95. The van der Waals surface area contributed by atoms with Crippen LogP contribution in [0.3, 0.4) is 0 Å². The normalized spacial score (nSPS) is 40.4. The molecule has 7 atom stereocenters. The van der Waals surface area contributed by atoms with Crippen molar-refractivity contribution in [2.24, 2.45) is 17.3 Å². The molecule has 2 aliphatic rings. The van der Waals surface area contributed by atoms with E-state index in [2.05, 4.69) is 27.4 Å². The highest BCUT2D eigenvalue weighted by molar-refractivity contribution is 5.13.